The number of carbonyl (C=O) groups excluding carboxylic acids is 1. The van der Waals surface area contributed by atoms with Gasteiger partial charge in [0.05, 0.1) is 38.6 Å². The molecule has 3 fully saturated rings. The van der Waals surface area contributed by atoms with Gasteiger partial charge in [-0.25, -0.2) is 0 Å². The van der Waals surface area contributed by atoms with Crippen LogP contribution in [0.1, 0.15) is 277 Å². The molecule has 3 aliphatic rings. The second kappa shape index (κ2) is 57.8. The summed E-state index contributed by atoms with van der Waals surface area (Å²) in [6, 6.07) is -0.977. The van der Waals surface area contributed by atoms with Gasteiger partial charge in [-0.15, -0.1) is 0 Å². The number of aliphatic hydroxyl groups is 11. The van der Waals surface area contributed by atoms with Gasteiger partial charge in [0.2, 0.25) is 5.91 Å². The molecular weight excluding hydrogens is 1230 g/mol. The van der Waals surface area contributed by atoms with Crippen molar-refractivity contribution in [1.82, 2.24) is 5.32 Å². The summed E-state index contributed by atoms with van der Waals surface area (Å²) in [6.45, 7) is 1.65. The molecule has 558 valence electrons. The lowest BCUT2D eigenvalue weighted by atomic mass is 9.96. The molecule has 19 nitrogen and oxygen atoms in total. The second-order valence-electron chi connectivity index (χ2n) is 27.1. The molecular formula is C77H137NO18. The first-order chi connectivity index (χ1) is 46.8. The van der Waals surface area contributed by atoms with Crippen molar-refractivity contribution in [2.75, 3.05) is 26.4 Å². The van der Waals surface area contributed by atoms with Crippen LogP contribution < -0.4 is 5.32 Å². The van der Waals surface area contributed by atoms with Crippen LogP contribution in [0.2, 0.25) is 0 Å². The Morgan fingerprint density at radius 1 is 0.385 bits per heavy atom. The Bertz CT molecular complexity index is 2020. The van der Waals surface area contributed by atoms with E-state index < -0.39 is 124 Å². The second-order valence-corrected chi connectivity index (χ2v) is 27.1. The summed E-state index contributed by atoms with van der Waals surface area (Å²) in [7, 11) is 0. The Balaban J connectivity index is 1.38. The fraction of sp³-hybridized carbons (Fsp3) is 0.831. The maximum absolute atomic E-state index is 13.5. The summed E-state index contributed by atoms with van der Waals surface area (Å²) >= 11 is 0. The lowest BCUT2D eigenvalue weighted by molar-refractivity contribution is -0.379. The van der Waals surface area contributed by atoms with Gasteiger partial charge >= 0.3 is 0 Å². The fourth-order valence-corrected chi connectivity index (χ4v) is 12.6. The molecule has 0 radical (unpaired) electrons. The van der Waals surface area contributed by atoms with Crippen molar-refractivity contribution >= 4 is 5.91 Å². The molecule has 0 bridgehead atoms. The van der Waals surface area contributed by atoms with Crippen LogP contribution >= 0.6 is 0 Å². The number of amides is 1. The predicted octanol–water partition coefficient (Wildman–Crippen LogP) is 11.7. The number of hydrogen-bond acceptors (Lipinski definition) is 18. The lowest BCUT2D eigenvalue weighted by Crippen LogP contribution is -2.66. The normalized spacial score (nSPS) is 27.4. The summed E-state index contributed by atoms with van der Waals surface area (Å²) in [5.41, 5.74) is 0. The SMILES string of the molecule is CC/C=C\C/C=C\C/C=C\C/C=C\C/C=C\CCCCCCCCCCCCCCCCCC(=O)NC(COC1OC(CO)C(OC2OC(CO)C(OC3OC(CO)C(O)C(O)C3O)C(O)C2O)C(O)C1O)C(O)/C=C/CCCCCCCCCCCCCCCCCCCC. The molecule has 0 spiro atoms. The van der Waals surface area contributed by atoms with Gasteiger partial charge in [-0.05, 0) is 64.2 Å². The number of allylic oxidation sites excluding steroid dienone is 11. The van der Waals surface area contributed by atoms with E-state index in [1.54, 1.807) is 6.08 Å². The third-order valence-corrected chi connectivity index (χ3v) is 18.8. The molecule has 0 aliphatic carbocycles. The molecule has 3 heterocycles. The first-order valence-corrected chi connectivity index (χ1v) is 38.2. The quantitative estimate of drug-likeness (QED) is 0.0199. The average molecular weight is 1360 g/mol. The van der Waals surface area contributed by atoms with Crippen molar-refractivity contribution < 1.29 is 89.4 Å². The molecule has 3 rings (SSSR count). The Kier molecular flexibility index (Phi) is 52.7. The van der Waals surface area contributed by atoms with Crippen LogP contribution in [0.5, 0.6) is 0 Å². The summed E-state index contributed by atoms with van der Waals surface area (Å²) in [6.07, 6.45) is 47.3. The van der Waals surface area contributed by atoms with Crippen molar-refractivity contribution in [1.29, 1.82) is 0 Å². The smallest absolute Gasteiger partial charge is 0.220 e. The van der Waals surface area contributed by atoms with E-state index in [-0.39, 0.29) is 18.9 Å². The van der Waals surface area contributed by atoms with Crippen molar-refractivity contribution in [3.05, 3.63) is 72.9 Å². The summed E-state index contributed by atoms with van der Waals surface area (Å²) < 4.78 is 34.4. The van der Waals surface area contributed by atoms with Crippen LogP contribution in [0, 0.1) is 0 Å². The Hall–Kier alpha value is -2.77. The monoisotopic (exact) mass is 1360 g/mol. The highest BCUT2D eigenvalue weighted by molar-refractivity contribution is 5.76. The molecule has 0 aromatic heterocycles. The van der Waals surface area contributed by atoms with Crippen molar-refractivity contribution in [2.24, 2.45) is 0 Å². The molecule has 0 aromatic rings. The molecule has 1 amide bonds. The average Bonchev–Trinajstić information content (AvgIpc) is 0.786. The van der Waals surface area contributed by atoms with E-state index in [1.165, 1.54) is 173 Å². The van der Waals surface area contributed by atoms with E-state index in [1.807, 2.05) is 6.08 Å². The zero-order valence-corrected chi connectivity index (χ0v) is 59.3. The third kappa shape index (κ3) is 38.3. The number of aliphatic hydroxyl groups excluding tert-OH is 11. The van der Waals surface area contributed by atoms with Crippen LogP contribution in [0.3, 0.4) is 0 Å². The number of nitrogens with one attached hydrogen (secondary N) is 1. The molecule has 0 saturated carbocycles. The number of unbranched alkanes of at least 4 members (excludes halogenated alkanes) is 33. The van der Waals surface area contributed by atoms with Crippen LogP contribution in [0.4, 0.5) is 0 Å². The van der Waals surface area contributed by atoms with Crippen molar-refractivity contribution in [3.8, 4) is 0 Å². The highest BCUT2D eigenvalue weighted by Crippen LogP contribution is 2.33. The Morgan fingerprint density at radius 3 is 1.12 bits per heavy atom. The zero-order chi connectivity index (χ0) is 69.6. The van der Waals surface area contributed by atoms with E-state index in [0.29, 0.717) is 6.42 Å². The van der Waals surface area contributed by atoms with Gasteiger partial charge in [0.15, 0.2) is 18.9 Å². The number of rotatable bonds is 59. The molecule has 3 saturated heterocycles. The van der Waals surface area contributed by atoms with Gasteiger partial charge in [-0.1, -0.05) is 279 Å². The Labute approximate surface area is 578 Å². The van der Waals surface area contributed by atoms with Crippen molar-refractivity contribution in [3.63, 3.8) is 0 Å². The summed E-state index contributed by atoms with van der Waals surface area (Å²) in [4.78, 5) is 13.5. The largest absolute Gasteiger partial charge is 0.394 e. The molecule has 19 heteroatoms. The lowest BCUT2D eigenvalue weighted by Gasteiger charge is -2.48. The molecule has 17 unspecified atom stereocenters. The van der Waals surface area contributed by atoms with E-state index in [2.05, 4.69) is 79.9 Å². The van der Waals surface area contributed by atoms with Crippen molar-refractivity contribution in [2.45, 2.75) is 381 Å². The summed E-state index contributed by atoms with van der Waals surface area (Å²) in [5.74, 6) is -0.275. The van der Waals surface area contributed by atoms with E-state index >= 15 is 0 Å². The van der Waals surface area contributed by atoms with Gasteiger partial charge in [0.1, 0.15) is 73.2 Å². The molecule has 96 heavy (non-hydrogen) atoms. The summed E-state index contributed by atoms with van der Waals surface area (Å²) in [5, 5.41) is 121. The van der Waals surface area contributed by atoms with Crippen LogP contribution in [-0.4, -0.2) is 193 Å². The molecule has 17 atom stereocenters. The van der Waals surface area contributed by atoms with Gasteiger partial charge in [0.25, 0.3) is 0 Å². The van der Waals surface area contributed by atoms with Gasteiger partial charge in [-0.2, -0.15) is 0 Å². The minimum atomic E-state index is -1.98. The first kappa shape index (κ1) is 87.4. The Morgan fingerprint density at radius 2 is 0.719 bits per heavy atom. The number of ether oxygens (including phenoxy) is 6. The molecule has 0 aromatic carbocycles. The number of hydrogen-bond donors (Lipinski definition) is 12. The highest BCUT2D eigenvalue weighted by atomic mass is 16.8. The standard InChI is InChI=1S/C77H137NO18/c1-3-5-7-9-11-13-15-17-19-21-23-25-26-27-28-29-30-31-32-33-34-35-37-39-41-43-45-47-49-51-53-55-65(83)78-60(61(82)54-52-50-48-46-44-42-40-38-36-24-22-20-18-16-14-12-10-8-6-4-2)59-91-75-71(89)68(86)73(63(57-80)93-75)96-77-72(90)69(87)74(64(58-81)94-77)95-76-70(88)67(85)66(84)62(56-79)92-76/h5,7,11,13,17,19,23,25,27-28,52,54,60-64,66-77,79-82,84-90H,3-4,6,8-10,12,14-16,18,20-22,24,26,29-51,53,55-59H2,1-2H3,(H,78,83)/b7-5-,13-11-,19-17-,25-23-,28-27-,54-52+. The van der Waals surface area contributed by atoms with Gasteiger partial charge in [-0.3, -0.25) is 4.79 Å². The molecule has 3 aliphatic heterocycles. The topological polar surface area (TPSA) is 307 Å². The van der Waals surface area contributed by atoms with Gasteiger partial charge < -0.3 is 89.9 Å². The van der Waals surface area contributed by atoms with E-state index in [4.69, 9.17) is 28.4 Å². The first-order valence-electron chi connectivity index (χ1n) is 38.2. The van der Waals surface area contributed by atoms with E-state index in [0.717, 1.165) is 77.0 Å². The minimum absolute atomic E-state index is 0.241. The maximum atomic E-state index is 13.5. The number of carbonyl (C=O) groups is 1. The van der Waals surface area contributed by atoms with E-state index in [9.17, 15) is 61.0 Å². The van der Waals surface area contributed by atoms with Gasteiger partial charge in [0, 0.05) is 6.42 Å². The van der Waals surface area contributed by atoms with Crippen LogP contribution in [0.25, 0.3) is 0 Å². The molecule has 12 N–H and O–H groups in total. The zero-order valence-electron chi connectivity index (χ0n) is 59.3. The maximum Gasteiger partial charge on any atom is 0.220 e. The third-order valence-electron chi connectivity index (χ3n) is 18.8. The van der Waals surface area contributed by atoms with Crippen LogP contribution in [-0.2, 0) is 33.2 Å². The predicted molar refractivity (Wildman–Crippen MR) is 378 cm³/mol. The highest BCUT2D eigenvalue weighted by Gasteiger charge is 2.53. The fourth-order valence-electron chi connectivity index (χ4n) is 12.6. The minimum Gasteiger partial charge on any atom is -0.394 e. The van der Waals surface area contributed by atoms with Crippen LogP contribution in [0.15, 0.2) is 72.9 Å².